The van der Waals surface area contributed by atoms with Gasteiger partial charge >= 0.3 is 0 Å². The topological polar surface area (TPSA) is 59.1 Å². The second-order valence-electron chi connectivity index (χ2n) is 6.21. The molecule has 0 aromatic heterocycles. The summed E-state index contributed by atoms with van der Waals surface area (Å²) in [5, 5.41) is 0.486. The predicted octanol–water partition coefficient (Wildman–Crippen LogP) is 3.23. The van der Waals surface area contributed by atoms with Gasteiger partial charge in [0, 0.05) is 29.7 Å². The second kappa shape index (κ2) is 7.88. The number of hydrogen-bond donors (Lipinski definition) is 0. The summed E-state index contributed by atoms with van der Waals surface area (Å²) in [6, 6.07) is 11.4. The fourth-order valence-corrected chi connectivity index (χ4v) is 3.37. The Bertz CT molecular complexity index is 871. The Balaban J connectivity index is 1.86. The van der Waals surface area contributed by atoms with E-state index in [9.17, 15) is 9.59 Å². The lowest BCUT2D eigenvalue weighted by Crippen LogP contribution is -2.57. The average Bonchev–Trinajstić information content (AvgIpc) is 2.69. The van der Waals surface area contributed by atoms with Crippen LogP contribution >= 0.6 is 11.6 Å². The molecule has 1 atom stereocenters. The van der Waals surface area contributed by atoms with Gasteiger partial charge in [0.05, 0.1) is 19.9 Å². The molecule has 1 saturated heterocycles. The number of rotatable bonds is 4. The Morgan fingerprint density at radius 2 is 1.89 bits per heavy atom. The SMILES string of the molecule is COc1ccc(OC)c(N2CCN(C(=O)c3cccc(Cl)c3)[C@H](C)C2=O)c1. The van der Waals surface area contributed by atoms with Crippen molar-refractivity contribution < 1.29 is 19.1 Å². The van der Waals surface area contributed by atoms with Crippen LogP contribution in [0.3, 0.4) is 0 Å². The number of piperazine rings is 1. The Labute approximate surface area is 163 Å². The monoisotopic (exact) mass is 388 g/mol. The summed E-state index contributed by atoms with van der Waals surface area (Å²) >= 11 is 5.99. The van der Waals surface area contributed by atoms with E-state index in [0.717, 1.165) is 0 Å². The van der Waals surface area contributed by atoms with Gasteiger partial charge in [-0.15, -0.1) is 0 Å². The molecule has 0 spiro atoms. The highest BCUT2D eigenvalue weighted by molar-refractivity contribution is 6.31. The molecule has 142 valence electrons. The summed E-state index contributed by atoms with van der Waals surface area (Å²) in [6.07, 6.45) is 0. The van der Waals surface area contributed by atoms with Crippen molar-refractivity contribution >= 4 is 29.1 Å². The van der Waals surface area contributed by atoms with Gasteiger partial charge in [0.1, 0.15) is 17.5 Å². The quantitative estimate of drug-likeness (QED) is 0.806. The first kappa shape index (κ1) is 19.0. The zero-order valence-electron chi connectivity index (χ0n) is 15.4. The molecule has 2 aromatic rings. The lowest BCUT2D eigenvalue weighted by Gasteiger charge is -2.39. The summed E-state index contributed by atoms with van der Waals surface area (Å²) in [5.41, 5.74) is 1.10. The molecule has 0 bridgehead atoms. The first-order valence-electron chi connectivity index (χ1n) is 8.56. The van der Waals surface area contributed by atoms with Crippen molar-refractivity contribution in [2.45, 2.75) is 13.0 Å². The number of carbonyl (C=O) groups excluding carboxylic acids is 2. The van der Waals surface area contributed by atoms with Crippen LogP contribution in [-0.2, 0) is 4.79 Å². The highest BCUT2D eigenvalue weighted by Crippen LogP contribution is 2.34. The molecule has 0 aliphatic carbocycles. The molecule has 3 rings (SSSR count). The number of methoxy groups -OCH3 is 2. The van der Waals surface area contributed by atoms with Gasteiger partial charge in [-0.3, -0.25) is 9.59 Å². The van der Waals surface area contributed by atoms with Crippen molar-refractivity contribution in [2.75, 3.05) is 32.2 Å². The van der Waals surface area contributed by atoms with Crippen LogP contribution in [0.2, 0.25) is 5.02 Å². The summed E-state index contributed by atoms with van der Waals surface area (Å²) in [4.78, 5) is 29.0. The number of benzene rings is 2. The molecule has 0 N–H and O–H groups in total. The van der Waals surface area contributed by atoms with Crippen LogP contribution in [0.25, 0.3) is 0 Å². The number of hydrogen-bond acceptors (Lipinski definition) is 4. The molecule has 0 radical (unpaired) electrons. The fraction of sp³-hybridized carbons (Fsp3) is 0.300. The summed E-state index contributed by atoms with van der Waals surface area (Å²) in [5.74, 6) is 0.813. The van der Waals surface area contributed by atoms with E-state index in [-0.39, 0.29) is 11.8 Å². The highest BCUT2D eigenvalue weighted by Gasteiger charge is 2.36. The van der Waals surface area contributed by atoms with Crippen LogP contribution in [0.1, 0.15) is 17.3 Å². The van der Waals surface area contributed by atoms with Gasteiger partial charge in [-0.1, -0.05) is 17.7 Å². The third kappa shape index (κ3) is 3.71. The average molecular weight is 389 g/mol. The van der Waals surface area contributed by atoms with Gasteiger partial charge in [-0.25, -0.2) is 0 Å². The smallest absolute Gasteiger partial charge is 0.254 e. The summed E-state index contributed by atoms with van der Waals surface area (Å²) in [7, 11) is 3.12. The second-order valence-corrected chi connectivity index (χ2v) is 6.65. The number of ether oxygens (including phenoxy) is 2. The standard InChI is InChI=1S/C20H21ClN2O4/c1-13-19(24)23(17-12-16(26-2)7-8-18(17)27-3)10-9-22(13)20(25)14-5-4-6-15(21)11-14/h4-8,11-13H,9-10H2,1-3H3/t13-/m1/s1. The van der Waals surface area contributed by atoms with Crippen molar-refractivity contribution in [3.63, 3.8) is 0 Å². The molecular formula is C20H21ClN2O4. The zero-order valence-corrected chi connectivity index (χ0v) is 16.2. The Morgan fingerprint density at radius 1 is 1.11 bits per heavy atom. The number of nitrogens with zero attached hydrogens (tertiary/aromatic N) is 2. The van der Waals surface area contributed by atoms with Crippen LogP contribution < -0.4 is 14.4 Å². The van der Waals surface area contributed by atoms with Crippen LogP contribution in [0.5, 0.6) is 11.5 Å². The summed E-state index contributed by atoms with van der Waals surface area (Å²) in [6.45, 7) is 2.49. The molecule has 27 heavy (non-hydrogen) atoms. The highest BCUT2D eigenvalue weighted by atomic mass is 35.5. The molecule has 1 fully saturated rings. The van der Waals surface area contributed by atoms with E-state index in [0.29, 0.717) is 40.9 Å². The molecule has 2 aromatic carbocycles. The first-order chi connectivity index (χ1) is 13.0. The third-order valence-corrected chi connectivity index (χ3v) is 4.90. The number of halogens is 1. The molecule has 7 heteroatoms. The molecule has 1 aliphatic heterocycles. The third-order valence-electron chi connectivity index (χ3n) is 4.66. The van der Waals surface area contributed by atoms with Crippen LogP contribution in [0, 0.1) is 0 Å². The maximum absolute atomic E-state index is 13.0. The van der Waals surface area contributed by atoms with E-state index < -0.39 is 6.04 Å². The minimum Gasteiger partial charge on any atom is -0.497 e. The lowest BCUT2D eigenvalue weighted by molar-refractivity contribution is -0.124. The maximum Gasteiger partial charge on any atom is 0.254 e. The molecular weight excluding hydrogens is 368 g/mol. The number of amides is 2. The van der Waals surface area contributed by atoms with Crippen molar-refractivity contribution in [1.82, 2.24) is 4.90 Å². The lowest BCUT2D eigenvalue weighted by atomic mass is 10.1. The van der Waals surface area contributed by atoms with Crippen LogP contribution in [-0.4, -0.2) is 50.1 Å². The maximum atomic E-state index is 13.0. The van der Waals surface area contributed by atoms with Crippen molar-refractivity contribution in [1.29, 1.82) is 0 Å². The minimum absolute atomic E-state index is 0.178. The largest absolute Gasteiger partial charge is 0.497 e. The number of carbonyl (C=O) groups is 2. The van der Waals surface area contributed by atoms with Crippen LogP contribution in [0.15, 0.2) is 42.5 Å². The normalized spacial score (nSPS) is 17.0. The van der Waals surface area contributed by atoms with Gasteiger partial charge < -0.3 is 19.3 Å². The fourth-order valence-electron chi connectivity index (χ4n) is 3.18. The molecule has 6 nitrogen and oxygen atoms in total. The van der Waals surface area contributed by atoms with E-state index in [1.54, 1.807) is 73.4 Å². The van der Waals surface area contributed by atoms with E-state index in [4.69, 9.17) is 21.1 Å². The van der Waals surface area contributed by atoms with E-state index in [1.807, 2.05) is 0 Å². The Hall–Kier alpha value is -2.73. The van der Waals surface area contributed by atoms with Crippen molar-refractivity contribution in [2.24, 2.45) is 0 Å². The van der Waals surface area contributed by atoms with Gasteiger partial charge in [-0.05, 0) is 37.3 Å². The van der Waals surface area contributed by atoms with E-state index in [1.165, 1.54) is 0 Å². The predicted molar refractivity (Wildman–Crippen MR) is 104 cm³/mol. The number of anilines is 1. The van der Waals surface area contributed by atoms with Gasteiger partial charge in [0.25, 0.3) is 5.91 Å². The minimum atomic E-state index is -0.610. The Kier molecular flexibility index (Phi) is 5.56. The van der Waals surface area contributed by atoms with Gasteiger partial charge in [0.15, 0.2) is 0 Å². The van der Waals surface area contributed by atoms with E-state index in [2.05, 4.69) is 0 Å². The Morgan fingerprint density at radius 3 is 2.56 bits per heavy atom. The molecule has 0 unspecified atom stereocenters. The van der Waals surface area contributed by atoms with Gasteiger partial charge in [0.2, 0.25) is 5.91 Å². The summed E-state index contributed by atoms with van der Waals surface area (Å²) < 4.78 is 10.7. The van der Waals surface area contributed by atoms with Crippen molar-refractivity contribution in [3.05, 3.63) is 53.1 Å². The van der Waals surface area contributed by atoms with E-state index >= 15 is 0 Å². The molecule has 1 heterocycles. The van der Waals surface area contributed by atoms with Crippen LogP contribution in [0.4, 0.5) is 5.69 Å². The molecule has 2 amide bonds. The molecule has 1 aliphatic rings. The first-order valence-corrected chi connectivity index (χ1v) is 8.94. The van der Waals surface area contributed by atoms with Gasteiger partial charge in [-0.2, -0.15) is 0 Å². The van der Waals surface area contributed by atoms with Crippen molar-refractivity contribution in [3.8, 4) is 11.5 Å². The molecule has 0 saturated carbocycles. The zero-order chi connectivity index (χ0) is 19.6.